The molecular weight excluding hydrogens is 345 g/mol. The fraction of sp³-hybridized carbons (Fsp3) is 0.333. The fourth-order valence-electron chi connectivity index (χ4n) is 3.67. The molecule has 0 bridgehead atoms. The summed E-state index contributed by atoms with van der Waals surface area (Å²) in [6, 6.07) is 13.2. The Labute approximate surface area is 158 Å². The summed E-state index contributed by atoms with van der Waals surface area (Å²) in [5, 5.41) is 2.75. The minimum atomic E-state index is -1.61. The Bertz CT molecular complexity index is 855. The first-order chi connectivity index (χ1) is 13.0. The van der Waals surface area contributed by atoms with Crippen LogP contribution in [0.1, 0.15) is 37.3 Å². The number of nitrogens with zero attached hydrogens (tertiary/aromatic N) is 1. The SMILES string of the molecule is CCC(NC(=O)N1CCCCc2ccccc21)(C(N)=O)c1ccccc1F. The van der Waals surface area contributed by atoms with E-state index in [-0.39, 0.29) is 12.0 Å². The lowest BCUT2D eigenvalue weighted by atomic mass is 9.86. The van der Waals surface area contributed by atoms with Gasteiger partial charge in [-0.15, -0.1) is 0 Å². The van der Waals surface area contributed by atoms with E-state index >= 15 is 0 Å². The van der Waals surface area contributed by atoms with Crippen LogP contribution in [0, 0.1) is 5.82 Å². The second-order valence-electron chi connectivity index (χ2n) is 6.77. The number of hydrogen-bond donors (Lipinski definition) is 2. The van der Waals surface area contributed by atoms with Crippen molar-refractivity contribution in [2.75, 3.05) is 11.4 Å². The van der Waals surface area contributed by atoms with Gasteiger partial charge in [0.15, 0.2) is 0 Å². The van der Waals surface area contributed by atoms with Crippen molar-refractivity contribution in [2.24, 2.45) is 5.73 Å². The van der Waals surface area contributed by atoms with Crippen molar-refractivity contribution < 1.29 is 14.0 Å². The molecule has 6 heteroatoms. The molecule has 1 heterocycles. The summed E-state index contributed by atoms with van der Waals surface area (Å²) in [5.74, 6) is -1.36. The highest BCUT2D eigenvalue weighted by Gasteiger charge is 2.41. The monoisotopic (exact) mass is 369 g/mol. The van der Waals surface area contributed by atoms with Gasteiger partial charge in [-0.3, -0.25) is 9.69 Å². The average molecular weight is 369 g/mol. The third-order valence-corrected chi connectivity index (χ3v) is 5.21. The zero-order valence-corrected chi connectivity index (χ0v) is 15.4. The molecule has 0 saturated carbocycles. The molecule has 0 radical (unpaired) electrons. The molecular formula is C21H24FN3O2. The summed E-state index contributed by atoms with van der Waals surface area (Å²) >= 11 is 0. The molecule has 1 aliphatic heterocycles. The Hall–Kier alpha value is -2.89. The van der Waals surface area contributed by atoms with Gasteiger partial charge in [0.1, 0.15) is 11.4 Å². The van der Waals surface area contributed by atoms with Gasteiger partial charge in [0.05, 0.1) is 0 Å². The summed E-state index contributed by atoms with van der Waals surface area (Å²) in [5.41, 5.74) is 6.02. The lowest BCUT2D eigenvalue weighted by Gasteiger charge is -2.34. The predicted octanol–water partition coefficient (Wildman–Crippen LogP) is 3.47. The molecule has 1 atom stereocenters. The molecule has 0 spiro atoms. The van der Waals surface area contributed by atoms with E-state index in [1.54, 1.807) is 17.9 Å². The van der Waals surface area contributed by atoms with Crippen molar-refractivity contribution in [2.45, 2.75) is 38.1 Å². The quantitative estimate of drug-likeness (QED) is 0.866. The number of carbonyl (C=O) groups is 2. The molecule has 3 rings (SSSR count). The van der Waals surface area contributed by atoms with Crippen LogP contribution in [0.4, 0.5) is 14.9 Å². The summed E-state index contributed by atoms with van der Waals surface area (Å²) in [4.78, 5) is 27.1. The number of nitrogens with two attached hydrogens (primary N) is 1. The van der Waals surface area contributed by atoms with Crippen molar-refractivity contribution in [3.8, 4) is 0 Å². The normalized spacial score (nSPS) is 16.0. The third kappa shape index (κ3) is 3.52. The van der Waals surface area contributed by atoms with E-state index in [4.69, 9.17) is 5.73 Å². The Balaban J connectivity index is 1.99. The molecule has 1 unspecified atom stereocenters. The molecule has 1 aliphatic rings. The van der Waals surface area contributed by atoms with Crippen LogP contribution in [0.15, 0.2) is 48.5 Å². The van der Waals surface area contributed by atoms with E-state index in [1.165, 1.54) is 18.2 Å². The second kappa shape index (κ2) is 7.78. The van der Waals surface area contributed by atoms with Crippen molar-refractivity contribution in [3.05, 3.63) is 65.5 Å². The summed E-state index contributed by atoms with van der Waals surface area (Å²) in [6.45, 7) is 2.23. The van der Waals surface area contributed by atoms with E-state index in [0.717, 1.165) is 30.5 Å². The first kappa shape index (κ1) is 18.9. The number of amides is 3. The first-order valence-electron chi connectivity index (χ1n) is 9.22. The number of benzene rings is 2. The van der Waals surface area contributed by atoms with Gasteiger partial charge in [-0.05, 0) is 43.4 Å². The highest BCUT2D eigenvalue weighted by Crippen LogP contribution is 2.30. The number of nitrogens with one attached hydrogen (secondary N) is 1. The molecule has 0 saturated heterocycles. The van der Waals surface area contributed by atoms with Crippen molar-refractivity contribution >= 4 is 17.6 Å². The summed E-state index contributed by atoms with van der Waals surface area (Å²) in [6.07, 6.45) is 2.85. The van der Waals surface area contributed by atoms with Crippen LogP contribution >= 0.6 is 0 Å². The van der Waals surface area contributed by atoms with Gasteiger partial charge in [0.25, 0.3) is 0 Å². The number of carbonyl (C=O) groups excluding carboxylic acids is 2. The standard InChI is InChI=1S/C21H24FN3O2/c1-2-21(19(23)26,16-11-4-5-12-17(16)22)24-20(27)25-14-8-7-10-15-9-3-6-13-18(15)25/h3-6,9,11-13H,2,7-8,10,14H2,1H3,(H2,23,26)(H,24,27). The molecule has 0 aliphatic carbocycles. The number of primary amides is 1. The Morgan fingerprint density at radius 1 is 1.15 bits per heavy atom. The Morgan fingerprint density at radius 2 is 1.85 bits per heavy atom. The smallest absolute Gasteiger partial charge is 0.323 e. The zero-order chi connectivity index (χ0) is 19.4. The van der Waals surface area contributed by atoms with Gasteiger partial charge in [0.2, 0.25) is 5.91 Å². The maximum absolute atomic E-state index is 14.5. The van der Waals surface area contributed by atoms with Crippen LogP contribution in [0.3, 0.4) is 0 Å². The van der Waals surface area contributed by atoms with Crippen LogP contribution in [0.2, 0.25) is 0 Å². The van der Waals surface area contributed by atoms with Gasteiger partial charge >= 0.3 is 6.03 Å². The van der Waals surface area contributed by atoms with Gasteiger partial charge in [-0.1, -0.05) is 43.3 Å². The second-order valence-corrected chi connectivity index (χ2v) is 6.77. The molecule has 142 valence electrons. The summed E-state index contributed by atoms with van der Waals surface area (Å²) in [7, 11) is 0. The number of hydrogen-bond acceptors (Lipinski definition) is 2. The maximum Gasteiger partial charge on any atom is 0.323 e. The van der Waals surface area contributed by atoms with Crippen molar-refractivity contribution in [3.63, 3.8) is 0 Å². The third-order valence-electron chi connectivity index (χ3n) is 5.21. The largest absolute Gasteiger partial charge is 0.367 e. The maximum atomic E-state index is 14.5. The van der Waals surface area contributed by atoms with E-state index in [9.17, 15) is 14.0 Å². The number of rotatable bonds is 4. The number of aryl methyl sites for hydroxylation is 1. The first-order valence-corrected chi connectivity index (χ1v) is 9.22. The number of urea groups is 1. The molecule has 3 N–H and O–H groups in total. The van der Waals surface area contributed by atoms with Crippen LogP contribution in [0.5, 0.6) is 0 Å². The van der Waals surface area contributed by atoms with Gasteiger partial charge in [-0.25, -0.2) is 9.18 Å². The number of anilines is 1. The lowest BCUT2D eigenvalue weighted by molar-refractivity contribution is -0.124. The highest BCUT2D eigenvalue weighted by molar-refractivity contribution is 5.98. The van der Waals surface area contributed by atoms with E-state index < -0.39 is 23.3 Å². The van der Waals surface area contributed by atoms with Gasteiger partial charge < -0.3 is 11.1 Å². The highest BCUT2D eigenvalue weighted by atomic mass is 19.1. The van der Waals surface area contributed by atoms with Crippen molar-refractivity contribution in [1.82, 2.24) is 5.32 Å². The van der Waals surface area contributed by atoms with E-state index in [1.807, 2.05) is 24.3 Å². The van der Waals surface area contributed by atoms with E-state index in [0.29, 0.717) is 6.54 Å². The molecule has 2 aromatic carbocycles. The van der Waals surface area contributed by atoms with Crippen molar-refractivity contribution in [1.29, 1.82) is 0 Å². The van der Waals surface area contributed by atoms with Crippen LogP contribution in [-0.2, 0) is 16.8 Å². The lowest BCUT2D eigenvalue weighted by Crippen LogP contribution is -2.58. The molecule has 5 nitrogen and oxygen atoms in total. The zero-order valence-electron chi connectivity index (χ0n) is 15.4. The number of fused-ring (bicyclic) bond motifs is 1. The average Bonchev–Trinajstić information content (AvgIpc) is 2.89. The molecule has 3 amide bonds. The molecule has 2 aromatic rings. The topological polar surface area (TPSA) is 75.4 Å². The minimum absolute atomic E-state index is 0.0801. The van der Waals surface area contributed by atoms with E-state index in [2.05, 4.69) is 5.32 Å². The Kier molecular flexibility index (Phi) is 5.44. The van der Waals surface area contributed by atoms with Gasteiger partial charge in [-0.2, -0.15) is 0 Å². The number of para-hydroxylation sites is 1. The molecule has 27 heavy (non-hydrogen) atoms. The predicted molar refractivity (Wildman–Crippen MR) is 103 cm³/mol. The van der Waals surface area contributed by atoms with Crippen LogP contribution in [0.25, 0.3) is 0 Å². The fourth-order valence-corrected chi connectivity index (χ4v) is 3.67. The molecule has 0 aromatic heterocycles. The van der Waals surface area contributed by atoms with Gasteiger partial charge in [0, 0.05) is 17.8 Å². The summed E-state index contributed by atoms with van der Waals surface area (Å²) < 4.78 is 14.5. The Morgan fingerprint density at radius 3 is 2.56 bits per heavy atom. The molecule has 0 fully saturated rings. The van der Waals surface area contributed by atoms with Crippen LogP contribution < -0.4 is 16.0 Å². The minimum Gasteiger partial charge on any atom is -0.367 e. The van der Waals surface area contributed by atoms with Crippen LogP contribution in [-0.4, -0.2) is 18.5 Å². The number of halogens is 1.